The van der Waals surface area contributed by atoms with Gasteiger partial charge in [0.2, 0.25) is 0 Å². The van der Waals surface area contributed by atoms with Crippen molar-refractivity contribution in [3.8, 4) is 0 Å². The highest BCUT2D eigenvalue weighted by Gasteiger charge is 2.17. The minimum absolute atomic E-state index is 0.401. The van der Waals surface area contributed by atoms with E-state index >= 15 is 0 Å². The van der Waals surface area contributed by atoms with Crippen LogP contribution in [-0.2, 0) is 6.42 Å². The molecule has 0 saturated carbocycles. The molecule has 0 aromatic heterocycles. The summed E-state index contributed by atoms with van der Waals surface area (Å²) in [7, 11) is 0. The van der Waals surface area contributed by atoms with Crippen molar-refractivity contribution in [2.75, 3.05) is 0 Å². The molecule has 0 atom stereocenters. The van der Waals surface area contributed by atoms with Crippen molar-refractivity contribution in [1.82, 2.24) is 0 Å². The molecular weight excluding hydrogens is 534 g/mol. The predicted octanol–water partition coefficient (Wildman–Crippen LogP) is 13.7. The number of thiol groups is 1. The van der Waals surface area contributed by atoms with Gasteiger partial charge >= 0.3 is 0 Å². The van der Waals surface area contributed by atoms with E-state index in [0.717, 1.165) is 18.4 Å². The summed E-state index contributed by atoms with van der Waals surface area (Å²) in [6.45, 7) is 2.29. The lowest BCUT2D eigenvalue weighted by Gasteiger charge is -2.12. The molecule has 5 heteroatoms. The van der Waals surface area contributed by atoms with E-state index in [0.29, 0.717) is 25.0 Å². The second kappa shape index (κ2) is 22.7. The van der Waals surface area contributed by atoms with Gasteiger partial charge in [0.15, 0.2) is 0 Å². The molecule has 0 fully saturated rings. The molecule has 0 saturated heterocycles. The van der Waals surface area contributed by atoms with Crippen LogP contribution in [0.15, 0.2) is 4.90 Å². The molecule has 0 aliphatic heterocycles. The van der Waals surface area contributed by atoms with Crippen LogP contribution in [0.25, 0.3) is 0 Å². The molecule has 0 aliphatic rings. The van der Waals surface area contributed by atoms with E-state index in [4.69, 9.17) is 46.4 Å². The van der Waals surface area contributed by atoms with Gasteiger partial charge in [-0.25, -0.2) is 0 Å². The van der Waals surface area contributed by atoms with Crippen molar-refractivity contribution < 1.29 is 0 Å². The Morgan fingerprint density at radius 3 is 0.943 bits per heavy atom. The minimum Gasteiger partial charge on any atom is -0.140 e. The molecule has 0 aliphatic carbocycles. The van der Waals surface area contributed by atoms with Crippen LogP contribution in [0.4, 0.5) is 0 Å². The molecule has 0 radical (unpaired) electrons. The van der Waals surface area contributed by atoms with E-state index < -0.39 is 0 Å². The van der Waals surface area contributed by atoms with Crippen LogP contribution < -0.4 is 0 Å². The molecule has 35 heavy (non-hydrogen) atoms. The topological polar surface area (TPSA) is 0 Å². The lowest BCUT2D eigenvalue weighted by molar-refractivity contribution is 0.519. The van der Waals surface area contributed by atoms with E-state index in [1.165, 1.54) is 135 Å². The molecule has 0 nitrogen and oxygen atoms in total. The predicted molar refractivity (Wildman–Crippen MR) is 165 cm³/mol. The zero-order valence-electron chi connectivity index (χ0n) is 22.2. The normalized spacial score (nSPS) is 11.5. The summed E-state index contributed by atoms with van der Waals surface area (Å²) in [4.78, 5) is 0.459. The Morgan fingerprint density at radius 2 is 0.657 bits per heavy atom. The Hall–Kier alpha value is 0.730. The standard InChI is InChI=1S/C30H50Cl4S/c1-2-3-4-5-6-7-8-9-10-11-12-13-14-15-16-17-18-19-20-21-22-23-24-25-26(31)28(33)30(35)29(34)27(25)32/h35H,2-24H2,1H3. The first-order valence-electron chi connectivity index (χ1n) is 14.5. The highest BCUT2D eigenvalue weighted by atomic mass is 35.5. The van der Waals surface area contributed by atoms with Crippen LogP contribution in [-0.4, -0.2) is 0 Å². The van der Waals surface area contributed by atoms with Gasteiger partial charge in [-0.1, -0.05) is 188 Å². The number of halogens is 4. The third-order valence-electron chi connectivity index (χ3n) is 7.11. The summed E-state index contributed by atoms with van der Waals surface area (Å²) in [6.07, 6.45) is 31.4. The first-order valence-corrected chi connectivity index (χ1v) is 16.5. The molecular formula is C30H50Cl4S. The van der Waals surface area contributed by atoms with Gasteiger partial charge in [0.25, 0.3) is 0 Å². The van der Waals surface area contributed by atoms with Gasteiger partial charge in [-0.15, -0.1) is 12.6 Å². The van der Waals surface area contributed by atoms with Gasteiger partial charge in [0.05, 0.1) is 20.1 Å². The summed E-state index contributed by atoms with van der Waals surface area (Å²) in [6, 6.07) is 0. The van der Waals surface area contributed by atoms with Gasteiger partial charge in [-0.2, -0.15) is 0 Å². The van der Waals surface area contributed by atoms with Gasteiger partial charge in [-0.3, -0.25) is 0 Å². The Morgan fingerprint density at radius 1 is 0.400 bits per heavy atom. The van der Waals surface area contributed by atoms with Crippen molar-refractivity contribution >= 4 is 59.0 Å². The van der Waals surface area contributed by atoms with Gasteiger partial charge in [-0.05, 0) is 18.4 Å². The molecule has 0 N–H and O–H groups in total. The number of hydrogen-bond donors (Lipinski definition) is 1. The number of benzene rings is 1. The number of rotatable bonds is 23. The molecule has 204 valence electrons. The summed E-state index contributed by atoms with van der Waals surface area (Å²) in [5.74, 6) is 0. The third-order valence-corrected chi connectivity index (χ3v) is 9.61. The zero-order valence-corrected chi connectivity index (χ0v) is 26.1. The second-order valence-electron chi connectivity index (χ2n) is 10.3. The van der Waals surface area contributed by atoms with Crippen molar-refractivity contribution in [3.05, 3.63) is 25.7 Å². The Bertz CT molecular complexity index is 633. The molecule has 1 aromatic carbocycles. The Kier molecular flexibility index (Phi) is 21.9. The first-order chi connectivity index (χ1) is 17.0. The van der Waals surface area contributed by atoms with Crippen LogP contribution in [0, 0.1) is 0 Å². The highest BCUT2D eigenvalue weighted by Crippen LogP contribution is 2.43. The van der Waals surface area contributed by atoms with Crippen molar-refractivity contribution in [2.45, 2.75) is 159 Å². The maximum absolute atomic E-state index is 6.35. The monoisotopic (exact) mass is 582 g/mol. The third kappa shape index (κ3) is 15.7. The molecule has 0 unspecified atom stereocenters. The van der Waals surface area contributed by atoms with Gasteiger partial charge in [0.1, 0.15) is 0 Å². The zero-order chi connectivity index (χ0) is 25.7. The van der Waals surface area contributed by atoms with E-state index in [-0.39, 0.29) is 0 Å². The fourth-order valence-corrected chi connectivity index (χ4v) is 6.23. The lowest BCUT2D eigenvalue weighted by atomic mass is 10.0. The molecule has 0 bridgehead atoms. The largest absolute Gasteiger partial charge is 0.140 e. The highest BCUT2D eigenvalue weighted by molar-refractivity contribution is 7.80. The number of unbranched alkanes of at least 4 members (excludes halogenated alkanes) is 21. The smallest absolute Gasteiger partial charge is 0.0744 e. The van der Waals surface area contributed by atoms with Gasteiger partial charge < -0.3 is 0 Å². The Balaban J connectivity index is 1.84. The fraction of sp³-hybridized carbons (Fsp3) is 0.800. The van der Waals surface area contributed by atoms with Crippen LogP contribution in [0.5, 0.6) is 0 Å². The second-order valence-corrected chi connectivity index (χ2v) is 12.2. The summed E-state index contributed by atoms with van der Waals surface area (Å²) in [5, 5.41) is 1.79. The average molecular weight is 585 g/mol. The van der Waals surface area contributed by atoms with E-state index in [2.05, 4.69) is 19.6 Å². The van der Waals surface area contributed by atoms with Gasteiger partial charge in [0, 0.05) is 4.90 Å². The molecule has 0 amide bonds. The maximum atomic E-state index is 6.35. The minimum atomic E-state index is 0.401. The van der Waals surface area contributed by atoms with E-state index in [1.807, 2.05) is 0 Å². The molecule has 0 spiro atoms. The van der Waals surface area contributed by atoms with Crippen LogP contribution in [0.2, 0.25) is 20.1 Å². The molecule has 0 heterocycles. The number of hydrogen-bond acceptors (Lipinski definition) is 1. The molecule has 1 aromatic rings. The van der Waals surface area contributed by atoms with E-state index in [9.17, 15) is 0 Å². The fourth-order valence-electron chi connectivity index (χ4n) is 4.80. The average Bonchev–Trinajstić information content (AvgIpc) is 2.86. The summed E-state index contributed by atoms with van der Waals surface area (Å²) < 4.78 is 0. The van der Waals surface area contributed by atoms with Crippen LogP contribution in [0.1, 0.15) is 154 Å². The lowest BCUT2D eigenvalue weighted by Crippen LogP contribution is -1.93. The Labute approximate surface area is 243 Å². The maximum Gasteiger partial charge on any atom is 0.0744 e. The quantitative estimate of drug-likeness (QED) is 0.0738. The van der Waals surface area contributed by atoms with Crippen molar-refractivity contribution in [3.63, 3.8) is 0 Å². The summed E-state index contributed by atoms with van der Waals surface area (Å²) in [5.41, 5.74) is 0.856. The SMILES string of the molecule is CCCCCCCCCCCCCCCCCCCCCCCCc1c(Cl)c(Cl)c(S)c(Cl)c1Cl. The van der Waals surface area contributed by atoms with Crippen molar-refractivity contribution in [2.24, 2.45) is 0 Å². The van der Waals surface area contributed by atoms with Crippen molar-refractivity contribution in [1.29, 1.82) is 0 Å². The summed E-state index contributed by atoms with van der Waals surface area (Å²) >= 11 is 29.4. The molecule has 1 rings (SSSR count). The first kappa shape index (κ1) is 33.8. The van der Waals surface area contributed by atoms with Crippen LogP contribution >= 0.6 is 59.0 Å². The van der Waals surface area contributed by atoms with Crippen LogP contribution in [0.3, 0.4) is 0 Å². The van der Waals surface area contributed by atoms with E-state index in [1.54, 1.807) is 0 Å².